The number of hydrogen-bond acceptors (Lipinski definition) is 2. The Morgan fingerprint density at radius 2 is 1.81 bits per heavy atom. The monoisotopic (exact) mass is 368 g/mol. The van der Waals surface area contributed by atoms with Crippen LogP contribution >= 0.6 is 27.5 Å². The van der Waals surface area contributed by atoms with Gasteiger partial charge in [0.05, 0.1) is 12.1 Å². The second-order valence-corrected chi connectivity index (χ2v) is 5.92. The zero-order chi connectivity index (χ0) is 15.4. The molecule has 112 valence electrons. The molecule has 0 heterocycles. The lowest BCUT2D eigenvalue weighted by molar-refractivity contribution is 0.284. The van der Waals surface area contributed by atoms with E-state index in [1.165, 1.54) is 11.1 Å². The number of methoxy groups -OCH3 is 1. The molecule has 21 heavy (non-hydrogen) atoms. The van der Waals surface area contributed by atoms with Crippen LogP contribution < -0.4 is 9.47 Å². The summed E-state index contributed by atoms with van der Waals surface area (Å²) in [6.07, 6.45) is 0. The van der Waals surface area contributed by atoms with Crippen molar-refractivity contribution in [1.29, 1.82) is 0 Å². The first kappa shape index (κ1) is 16.2. The van der Waals surface area contributed by atoms with Crippen LogP contribution in [0.15, 0.2) is 30.3 Å². The van der Waals surface area contributed by atoms with E-state index in [0.29, 0.717) is 23.1 Å². The summed E-state index contributed by atoms with van der Waals surface area (Å²) >= 11 is 9.70. The van der Waals surface area contributed by atoms with Gasteiger partial charge in [0.1, 0.15) is 6.61 Å². The average molecular weight is 370 g/mol. The van der Waals surface area contributed by atoms with E-state index in [2.05, 4.69) is 48.0 Å². The van der Waals surface area contributed by atoms with Gasteiger partial charge in [0.2, 0.25) is 0 Å². The Bertz CT molecular complexity index is 641. The second kappa shape index (κ2) is 7.19. The molecule has 2 aromatic rings. The molecule has 0 saturated heterocycles. The molecule has 0 atom stereocenters. The summed E-state index contributed by atoms with van der Waals surface area (Å²) in [4.78, 5) is 0. The van der Waals surface area contributed by atoms with Gasteiger partial charge in [0.25, 0.3) is 0 Å². The summed E-state index contributed by atoms with van der Waals surface area (Å²) in [6, 6.07) is 10.1. The number of rotatable bonds is 5. The van der Waals surface area contributed by atoms with Gasteiger partial charge in [-0.1, -0.05) is 45.7 Å². The van der Waals surface area contributed by atoms with E-state index in [0.717, 1.165) is 16.5 Å². The van der Waals surface area contributed by atoms with E-state index in [1.807, 2.05) is 12.1 Å². The Kier molecular flexibility index (Phi) is 5.54. The van der Waals surface area contributed by atoms with Crippen LogP contribution in [0.4, 0.5) is 0 Å². The zero-order valence-electron chi connectivity index (χ0n) is 12.4. The Morgan fingerprint density at radius 3 is 2.43 bits per heavy atom. The standard InChI is InChI=1S/C17H18BrClO2/c1-11-4-5-13(6-12(11)2)10-21-17-15(19)7-14(9-18)8-16(17)20-3/h4-8H,9-10H2,1-3H3. The van der Waals surface area contributed by atoms with Crippen LogP contribution in [-0.4, -0.2) is 7.11 Å². The molecule has 0 bridgehead atoms. The lowest BCUT2D eigenvalue weighted by Crippen LogP contribution is -2.00. The normalized spacial score (nSPS) is 10.5. The fourth-order valence-electron chi connectivity index (χ4n) is 2.04. The number of alkyl halides is 1. The van der Waals surface area contributed by atoms with E-state index in [1.54, 1.807) is 7.11 Å². The van der Waals surface area contributed by atoms with Crippen molar-refractivity contribution in [2.24, 2.45) is 0 Å². The SMILES string of the molecule is COc1cc(CBr)cc(Cl)c1OCc1ccc(C)c(C)c1. The Balaban J connectivity index is 2.21. The predicted molar refractivity (Wildman–Crippen MR) is 90.9 cm³/mol. The molecule has 2 nitrogen and oxygen atoms in total. The highest BCUT2D eigenvalue weighted by Crippen LogP contribution is 2.37. The minimum Gasteiger partial charge on any atom is -0.493 e. The zero-order valence-corrected chi connectivity index (χ0v) is 14.7. The van der Waals surface area contributed by atoms with Gasteiger partial charge in [-0.2, -0.15) is 0 Å². The summed E-state index contributed by atoms with van der Waals surface area (Å²) < 4.78 is 11.2. The quantitative estimate of drug-likeness (QED) is 0.653. The molecule has 0 N–H and O–H groups in total. The van der Waals surface area contributed by atoms with Crippen LogP contribution in [0, 0.1) is 13.8 Å². The Hall–Kier alpha value is -1.19. The maximum Gasteiger partial charge on any atom is 0.180 e. The predicted octanol–water partition coefficient (Wildman–Crippen LogP) is 5.44. The summed E-state index contributed by atoms with van der Waals surface area (Å²) in [5.74, 6) is 1.24. The van der Waals surface area contributed by atoms with Crippen LogP contribution in [-0.2, 0) is 11.9 Å². The summed E-state index contributed by atoms with van der Waals surface area (Å²) in [5.41, 5.74) is 4.69. The third-order valence-corrected chi connectivity index (χ3v) is 4.33. The third kappa shape index (κ3) is 3.92. The van der Waals surface area contributed by atoms with Crippen molar-refractivity contribution in [2.45, 2.75) is 25.8 Å². The van der Waals surface area contributed by atoms with Crippen molar-refractivity contribution in [3.05, 3.63) is 57.6 Å². The molecule has 0 aliphatic rings. The van der Waals surface area contributed by atoms with Gasteiger partial charge in [-0.25, -0.2) is 0 Å². The van der Waals surface area contributed by atoms with Crippen molar-refractivity contribution in [3.63, 3.8) is 0 Å². The first-order chi connectivity index (χ1) is 10.0. The van der Waals surface area contributed by atoms with Crippen molar-refractivity contribution >= 4 is 27.5 Å². The lowest BCUT2D eigenvalue weighted by Gasteiger charge is -2.14. The van der Waals surface area contributed by atoms with Crippen LogP contribution in [0.1, 0.15) is 22.3 Å². The van der Waals surface area contributed by atoms with Gasteiger partial charge < -0.3 is 9.47 Å². The lowest BCUT2D eigenvalue weighted by atomic mass is 10.1. The smallest absolute Gasteiger partial charge is 0.180 e. The molecule has 0 aliphatic heterocycles. The topological polar surface area (TPSA) is 18.5 Å². The van der Waals surface area contributed by atoms with Gasteiger partial charge in [0.15, 0.2) is 11.5 Å². The molecule has 4 heteroatoms. The first-order valence-corrected chi connectivity index (χ1v) is 8.16. The molecule has 0 fully saturated rings. The van der Waals surface area contributed by atoms with E-state index in [-0.39, 0.29) is 0 Å². The maximum absolute atomic E-state index is 6.29. The van der Waals surface area contributed by atoms with Gasteiger partial charge in [-0.3, -0.25) is 0 Å². The number of halogens is 2. The molecule has 0 amide bonds. The van der Waals surface area contributed by atoms with E-state index in [4.69, 9.17) is 21.1 Å². The van der Waals surface area contributed by atoms with E-state index < -0.39 is 0 Å². The van der Waals surface area contributed by atoms with Crippen molar-refractivity contribution in [2.75, 3.05) is 7.11 Å². The molecular formula is C17H18BrClO2. The molecule has 0 unspecified atom stereocenters. The molecule has 0 radical (unpaired) electrons. The van der Waals surface area contributed by atoms with Gasteiger partial charge in [-0.15, -0.1) is 0 Å². The summed E-state index contributed by atoms with van der Waals surface area (Å²) in [5, 5.41) is 1.29. The Morgan fingerprint density at radius 1 is 1.05 bits per heavy atom. The summed E-state index contributed by atoms with van der Waals surface area (Å²) in [6.45, 7) is 4.65. The molecular weight excluding hydrogens is 352 g/mol. The van der Waals surface area contributed by atoms with Crippen LogP contribution in [0.3, 0.4) is 0 Å². The van der Waals surface area contributed by atoms with Crippen molar-refractivity contribution in [3.8, 4) is 11.5 Å². The van der Waals surface area contributed by atoms with Gasteiger partial charge >= 0.3 is 0 Å². The molecule has 0 saturated carbocycles. The minimum atomic E-state index is 0.463. The van der Waals surface area contributed by atoms with Gasteiger partial charge in [-0.05, 0) is 48.2 Å². The molecule has 2 aromatic carbocycles. The number of aryl methyl sites for hydroxylation is 2. The first-order valence-electron chi connectivity index (χ1n) is 6.66. The average Bonchev–Trinajstić information content (AvgIpc) is 2.48. The van der Waals surface area contributed by atoms with Crippen LogP contribution in [0.5, 0.6) is 11.5 Å². The largest absolute Gasteiger partial charge is 0.493 e. The molecule has 0 spiro atoms. The van der Waals surface area contributed by atoms with Gasteiger partial charge in [0, 0.05) is 5.33 Å². The highest BCUT2D eigenvalue weighted by Gasteiger charge is 2.12. The fraction of sp³-hybridized carbons (Fsp3) is 0.294. The third-order valence-electron chi connectivity index (χ3n) is 3.40. The van der Waals surface area contributed by atoms with E-state index >= 15 is 0 Å². The fourth-order valence-corrected chi connectivity index (χ4v) is 2.65. The van der Waals surface area contributed by atoms with Crippen LogP contribution in [0.25, 0.3) is 0 Å². The Labute approximate surface area is 139 Å². The highest BCUT2D eigenvalue weighted by atomic mass is 79.9. The molecule has 0 aliphatic carbocycles. The minimum absolute atomic E-state index is 0.463. The van der Waals surface area contributed by atoms with Crippen molar-refractivity contribution in [1.82, 2.24) is 0 Å². The number of hydrogen-bond donors (Lipinski definition) is 0. The highest BCUT2D eigenvalue weighted by molar-refractivity contribution is 9.08. The number of benzene rings is 2. The second-order valence-electron chi connectivity index (χ2n) is 4.95. The van der Waals surface area contributed by atoms with Crippen LogP contribution in [0.2, 0.25) is 5.02 Å². The maximum atomic E-state index is 6.29. The number of ether oxygens (including phenoxy) is 2. The van der Waals surface area contributed by atoms with E-state index in [9.17, 15) is 0 Å². The van der Waals surface area contributed by atoms with Crippen molar-refractivity contribution < 1.29 is 9.47 Å². The molecule has 2 rings (SSSR count). The summed E-state index contributed by atoms with van der Waals surface area (Å²) in [7, 11) is 1.62. The molecule has 0 aromatic heterocycles.